The monoisotopic (exact) mass is 397 g/mol. The van der Waals surface area contributed by atoms with E-state index in [9.17, 15) is 14.4 Å². The highest BCUT2D eigenvalue weighted by molar-refractivity contribution is 5.96. The highest BCUT2D eigenvalue weighted by Gasteiger charge is 2.35. The van der Waals surface area contributed by atoms with Crippen LogP contribution in [0.3, 0.4) is 0 Å². The van der Waals surface area contributed by atoms with E-state index in [1.54, 1.807) is 11.0 Å². The molecule has 1 saturated heterocycles. The maximum Gasteiger partial charge on any atom is 0.337 e. The van der Waals surface area contributed by atoms with Crippen molar-refractivity contribution in [3.05, 3.63) is 35.0 Å². The van der Waals surface area contributed by atoms with Gasteiger partial charge in [-0.25, -0.2) is 4.79 Å². The molecule has 1 fully saturated rings. The van der Waals surface area contributed by atoms with Crippen molar-refractivity contribution in [2.45, 2.75) is 51.6 Å². The van der Waals surface area contributed by atoms with Gasteiger partial charge in [0.25, 0.3) is 0 Å². The van der Waals surface area contributed by atoms with E-state index in [-0.39, 0.29) is 23.8 Å². The second-order valence-electron chi connectivity index (χ2n) is 7.80. The lowest BCUT2D eigenvalue weighted by Gasteiger charge is -2.38. The Morgan fingerprint density at radius 3 is 2.79 bits per heavy atom. The Morgan fingerprint density at radius 2 is 2.03 bits per heavy atom. The number of amides is 2. The Bertz CT molecular complexity index is 964. The number of carbonyl (C=O) groups is 3. The molecule has 2 aliphatic rings. The van der Waals surface area contributed by atoms with Gasteiger partial charge >= 0.3 is 5.97 Å². The number of rotatable bonds is 3. The minimum atomic E-state index is -0.374. The van der Waals surface area contributed by atoms with E-state index in [0.717, 1.165) is 47.8 Å². The molecule has 1 N–H and O–H groups in total. The number of aromatic nitrogens is 1. The smallest absolute Gasteiger partial charge is 0.337 e. The van der Waals surface area contributed by atoms with Gasteiger partial charge in [-0.2, -0.15) is 0 Å². The lowest BCUT2D eigenvalue weighted by Crippen LogP contribution is -2.53. The molecule has 1 aromatic heterocycles. The maximum absolute atomic E-state index is 13.3. The minimum Gasteiger partial charge on any atom is -0.465 e. The molecule has 2 aliphatic heterocycles. The molecule has 0 spiro atoms. The topological polar surface area (TPSA) is 82.7 Å². The molecule has 29 heavy (non-hydrogen) atoms. The number of aromatic amines is 1. The van der Waals surface area contributed by atoms with Gasteiger partial charge in [0.15, 0.2) is 0 Å². The number of ether oxygens (including phenoxy) is 1. The third-order valence-corrected chi connectivity index (χ3v) is 6.12. The number of fused-ring (bicyclic) bond motifs is 3. The number of nitrogens with zero attached hydrogens (tertiary/aromatic N) is 2. The molecule has 0 aliphatic carbocycles. The fourth-order valence-corrected chi connectivity index (χ4v) is 4.55. The van der Waals surface area contributed by atoms with E-state index in [1.807, 2.05) is 24.0 Å². The average Bonchev–Trinajstić information content (AvgIpc) is 3.14. The number of esters is 1. The van der Waals surface area contributed by atoms with Crippen LogP contribution in [-0.2, 0) is 27.3 Å². The number of likely N-dealkylation sites (tertiary alicyclic amines) is 1. The molecule has 2 amide bonds. The number of H-pyrrole nitrogens is 1. The summed E-state index contributed by atoms with van der Waals surface area (Å²) in [6.07, 6.45) is 3.82. The lowest BCUT2D eigenvalue weighted by atomic mass is 9.98. The van der Waals surface area contributed by atoms with E-state index in [4.69, 9.17) is 4.74 Å². The van der Waals surface area contributed by atoms with Crippen molar-refractivity contribution in [2.75, 3.05) is 20.2 Å². The van der Waals surface area contributed by atoms with Gasteiger partial charge in [0.2, 0.25) is 11.8 Å². The molecule has 2 aromatic rings. The van der Waals surface area contributed by atoms with Crippen molar-refractivity contribution in [2.24, 2.45) is 0 Å². The average molecular weight is 397 g/mol. The van der Waals surface area contributed by atoms with Gasteiger partial charge in [-0.3, -0.25) is 9.59 Å². The third kappa shape index (κ3) is 3.50. The SMILES string of the molecule is CCC(=O)N1CCCC[C@@H]1C(=O)N1CCc2[nH]c3ccc(C(=O)OC)cc3c2C1. The van der Waals surface area contributed by atoms with Crippen molar-refractivity contribution in [1.29, 1.82) is 0 Å². The van der Waals surface area contributed by atoms with E-state index >= 15 is 0 Å². The zero-order chi connectivity index (χ0) is 20.5. The van der Waals surface area contributed by atoms with Gasteiger partial charge in [0.1, 0.15) is 6.04 Å². The number of hydrogen-bond acceptors (Lipinski definition) is 4. The summed E-state index contributed by atoms with van der Waals surface area (Å²) in [5, 5.41) is 0.950. The Kier molecular flexibility index (Phi) is 5.30. The summed E-state index contributed by atoms with van der Waals surface area (Å²) in [4.78, 5) is 44.6. The Labute approximate surface area is 170 Å². The van der Waals surface area contributed by atoms with Gasteiger partial charge in [-0.05, 0) is 37.5 Å². The van der Waals surface area contributed by atoms with Crippen LogP contribution < -0.4 is 0 Å². The van der Waals surface area contributed by atoms with Crippen LogP contribution in [0.5, 0.6) is 0 Å². The Morgan fingerprint density at radius 1 is 1.21 bits per heavy atom. The van der Waals surface area contributed by atoms with Crippen LogP contribution in [0.15, 0.2) is 18.2 Å². The molecule has 0 unspecified atom stereocenters. The molecule has 154 valence electrons. The quantitative estimate of drug-likeness (QED) is 0.807. The second kappa shape index (κ2) is 7.89. The van der Waals surface area contributed by atoms with Gasteiger partial charge < -0.3 is 19.5 Å². The van der Waals surface area contributed by atoms with Crippen LogP contribution in [0.2, 0.25) is 0 Å². The van der Waals surface area contributed by atoms with Gasteiger partial charge in [-0.1, -0.05) is 6.92 Å². The fourth-order valence-electron chi connectivity index (χ4n) is 4.55. The first-order valence-corrected chi connectivity index (χ1v) is 10.3. The number of nitrogens with one attached hydrogen (secondary N) is 1. The number of carbonyl (C=O) groups excluding carboxylic acids is 3. The number of methoxy groups -OCH3 is 1. The van der Waals surface area contributed by atoms with Gasteiger partial charge in [0.05, 0.1) is 12.7 Å². The van der Waals surface area contributed by atoms with Crippen LogP contribution in [0.1, 0.15) is 54.2 Å². The first-order valence-electron chi connectivity index (χ1n) is 10.3. The van der Waals surface area contributed by atoms with Crippen LogP contribution in [0.4, 0.5) is 0 Å². The van der Waals surface area contributed by atoms with Crippen LogP contribution >= 0.6 is 0 Å². The number of piperidine rings is 1. The molecular weight excluding hydrogens is 370 g/mol. The zero-order valence-electron chi connectivity index (χ0n) is 17.0. The molecule has 0 saturated carbocycles. The summed E-state index contributed by atoms with van der Waals surface area (Å²) in [5.41, 5.74) is 3.61. The zero-order valence-corrected chi connectivity index (χ0v) is 17.0. The second-order valence-corrected chi connectivity index (χ2v) is 7.80. The van der Waals surface area contributed by atoms with Crippen LogP contribution in [0.25, 0.3) is 10.9 Å². The van der Waals surface area contributed by atoms with Gasteiger partial charge in [0, 0.05) is 54.6 Å². The van der Waals surface area contributed by atoms with Crippen molar-refractivity contribution >= 4 is 28.7 Å². The summed E-state index contributed by atoms with van der Waals surface area (Å²) < 4.78 is 4.84. The lowest BCUT2D eigenvalue weighted by molar-refractivity contribution is -0.148. The summed E-state index contributed by atoms with van der Waals surface area (Å²) in [7, 11) is 1.37. The molecule has 0 bridgehead atoms. The van der Waals surface area contributed by atoms with E-state index in [0.29, 0.717) is 31.6 Å². The van der Waals surface area contributed by atoms with Crippen molar-refractivity contribution in [3.63, 3.8) is 0 Å². The standard InChI is InChI=1S/C22H27N3O4/c1-3-20(26)25-10-5-4-6-19(25)21(27)24-11-9-18-16(13-24)15-12-14(22(28)29-2)7-8-17(15)23-18/h7-8,12,19,23H,3-6,9-11,13H2,1-2H3/t19-/m1/s1. The Hall–Kier alpha value is -2.83. The molecule has 7 nitrogen and oxygen atoms in total. The third-order valence-electron chi connectivity index (χ3n) is 6.12. The van der Waals surface area contributed by atoms with Crippen LogP contribution in [0, 0.1) is 0 Å². The molecule has 1 aromatic carbocycles. The predicted octanol–water partition coefficient (Wildman–Crippen LogP) is 2.63. The highest BCUT2D eigenvalue weighted by Crippen LogP contribution is 2.30. The molecule has 3 heterocycles. The van der Waals surface area contributed by atoms with Crippen molar-refractivity contribution in [1.82, 2.24) is 14.8 Å². The van der Waals surface area contributed by atoms with E-state index < -0.39 is 0 Å². The van der Waals surface area contributed by atoms with Crippen molar-refractivity contribution in [3.8, 4) is 0 Å². The molecule has 0 radical (unpaired) electrons. The highest BCUT2D eigenvalue weighted by atomic mass is 16.5. The number of benzene rings is 1. The first kappa shape index (κ1) is 19.5. The fraction of sp³-hybridized carbons (Fsp3) is 0.500. The largest absolute Gasteiger partial charge is 0.465 e. The normalized spacial score (nSPS) is 19.2. The number of hydrogen-bond donors (Lipinski definition) is 1. The molecule has 7 heteroatoms. The van der Waals surface area contributed by atoms with Crippen LogP contribution in [-0.4, -0.2) is 58.8 Å². The molecule has 1 atom stereocenters. The summed E-state index contributed by atoms with van der Waals surface area (Å²) in [6, 6.07) is 5.11. The summed E-state index contributed by atoms with van der Waals surface area (Å²) >= 11 is 0. The van der Waals surface area contributed by atoms with Gasteiger partial charge in [-0.15, -0.1) is 0 Å². The Balaban J connectivity index is 1.61. The maximum atomic E-state index is 13.3. The van der Waals surface area contributed by atoms with E-state index in [2.05, 4.69) is 4.98 Å². The first-order chi connectivity index (χ1) is 14.0. The van der Waals surface area contributed by atoms with E-state index in [1.165, 1.54) is 7.11 Å². The molecular formula is C22H27N3O4. The molecule has 4 rings (SSSR count). The summed E-state index contributed by atoms with van der Waals surface area (Å²) in [5.74, 6) is -0.285. The predicted molar refractivity (Wildman–Crippen MR) is 108 cm³/mol. The van der Waals surface area contributed by atoms with Crippen molar-refractivity contribution < 1.29 is 19.1 Å². The summed E-state index contributed by atoms with van der Waals surface area (Å²) in [6.45, 7) is 3.63. The minimum absolute atomic E-state index is 0.0376.